The largest absolute Gasteiger partial charge is 0.448 e. The van der Waals surface area contributed by atoms with E-state index in [1.165, 1.54) is 0 Å². The van der Waals surface area contributed by atoms with Gasteiger partial charge in [0.1, 0.15) is 6.61 Å². The number of aliphatic hydroxyl groups excluding tert-OH is 1. The first kappa shape index (κ1) is 18.8. The van der Waals surface area contributed by atoms with Gasteiger partial charge in [-0.2, -0.15) is 13.2 Å². The van der Waals surface area contributed by atoms with Crippen molar-refractivity contribution in [2.45, 2.75) is 12.1 Å². The first-order valence-electron chi connectivity index (χ1n) is 9.17. The predicted molar refractivity (Wildman–Crippen MR) is 96.8 cm³/mol. The lowest BCUT2D eigenvalue weighted by Crippen LogP contribution is -2.33. The number of halogens is 3. The molecule has 0 bridgehead atoms. The fourth-order valence-electron chi connectivity index (χ4n) is 4.26. The van der Waals surface area contributed by atoms with Crippen molar-refractivity contribution < 1.29 is 27.8 Å². The zero-order chi connectivity index (χ0) is 19.9. The minimum atomic E-state index is -4.45. The molecule has 0 spiro atoms. The van der Waals surface area contributed by atoms with Crippen LogP contribution in [0.4, 0.5) is 18.0 Å². The quantitative estimate of drug-likeness (QED) is 0.859. The Morgan fingerprint density at radius 2 is 1.61 bits per heavy atom. The van der Waals surface area contributed by atoms with Crippen LogP contribution >= 0.6 is 0 Å². The maximum Gasteiger partial charge on any atom is 0.409 e. The fourth-order valence-corrected chi connectivity index (χ4v) is 4.26. The molecule has 2 atom stereocenters. The van der Waals surface area contributed by atoms with E-state index >= 15 is 0 Å². The summed E-state index contributed by atoms with van der Waals surface area (Å²) in [5.41, 5.74) is 4.24. The third kappa shape index (κ3) is 3.24. The Labute approximate surface area is 160 Å². The van der Waals surface area contributed by atoms with Crippen molar-refractivity contribution in [2.75, 3.05) is 26.3 Å². The molecule has 1 amide bonds. The van der Waals surface area contributed by atoms with Crippen LogP contribution in [0.15, 0.2) is 48.5 Å². The van der Waals surface area contributed by atoms with E-state index in [2.05, 4.69) is 0 Å². The summed E-state index contributed by atoms with van der Waals surface area (Å²) in [7, 11) is 0. The summed E-state index contributed by atoms with van der Waals surface area (Å²) in [4.78, 5) is 13.5. The second-order valence-electron chi connectivity index (χ2n) is 7.30. The summed E-state index contributed by atoms with van der Waals surface area (Å²) in [6, 6.07) is 15.7. The number of rotatable bonds is 3. The van der Waals surface area contributed by atoms with Gasteiger partial charge in [0.05, 0.1) is 5.92 Å². The highest BCUT2D eigenvalue weighted by molar-refractivity contribution is 5.79. The van der Waals surface area contributed by atoms with Crippen LogP contribution in [0.3, 0.4) is 0 Å². The van der Waals surface area contributed by atoms with E-state index in [9.17, 15) is 23.1 Å². The first-order chi connectivity index (χ1) is 13.4. The van der Waals surface area contributed by atoms with Crippen LogP contribution < -0.4 is 0 Å². The van der Waals surface area contributed by atoms with Crippen molar-refractivity contribution in [1.82, 2.24) is 4.90 Å². The van der Waals surface area contributed by atoms with Crippen LogP contribution in [0.1, 0.15) is 17.0 Å². The Morgan fingerprint density at radius 3 is 2.11 bits per heavy atom. The van der Waals surface area contributed by atoms with Crippen molar-refractivity contribution in [1.29, 1.82) is 0 Å². The van der Waals surface area contributed by atoms with E-state index in [0.29, 0.717) is 0 Å². The second kappa shape index (κ2) is 7.13. The van der Waals surface area contributed by atoms with Crippen molar-refractivity contribution in [3.05, 3.63) is 59.7 Å². The van der Waals surface area contributed by atoms with E-state index in [1.54, 1.807) is 0 Å². The molecule has 0 aromatic heterocycles. The predicted octanol–water partition coefficient (Wildman–Crippen LogP) is 4.04. The third-order valence-corrected chi connectivity index (χ3v) is 5.69. The molecule has 0 unspecified atom stereocenters. The van der Waals surface area contributed by atoms with E-state index in [4.69, 9.17) is 4.74 Å². The molecule has 1 aliphatic heterocycles. The highest BCUT2D eigenvalue weighted by Crippen LogP contribution is 2.44. The Balaban J connectivity index is 1.47. The Morgan fingerprint density at radius 1 is 1.04 bits per heavy atom. The average molecular weight is 391 g/mol. The molecule has 2 aromatic rings. The lowest BCUT2D eigenvalue weighted by molar-refractivity contribution is -0.182. The van der Waals surface area contributed by atoms with Crippen LogP contribution in [0, 0.1) is 11.8 Å². The molecule has 2 aliphatic rings. The number of aliphatic hydroxyl groups is 1. The zero-order valence-corrected chi connectivity index (χ0v) is 15.0. The SMILES string of the molecule is O=C(OCC1c2ccccc2-c2ccccc21)N1C[C@@H](CO)[C@H](C(F)(F)F)C1. The third-order valence-electron chi connectivity index (χ3n) is 5.69. The van der Waals surface area contributed by atoms with Crippen molar-refractivity contribution in [2.24, 2.45) is 11.8 Å². The lowest BCUT2D eigenvalue weighted by atomic mass is 9.97. The standard InChI is InChI=1S/C21H20F3NO3/c22-21(23,24)19-10-25(9-13(19)11-26)20(27)28-12-18-16-7-3-1-5-14(16)15-6-2-4-8-17(15)18/h1-8,13,18-19,26H,9-12H2/t13-,19+/m0/s1. The van der Waals surface area contributed by atoms with E-state index in [0.717, 1.165) is 27.2 Å². The van der Waals surface area contributed by atoms with Gasteiger partial charge in [-0.05, 0) is 22.3 Å². The van der Waals surface area contributed by atoms with Gasteiger partial charge in [-0.15, -0.1) is 0 Å². The number of amides is 1. The summed E-state index contributed by atoms with van der Waals surface area (Å²) >= 11 is 0. The number of hydrogen-bond donors (Lipinski definition) is 1. The highest BCUT2D eigenvalue weighted by atomic mass is 19.4. The number of ether oxygens (including phenoxy) is 1. The van der Waals surface area contributed by atoms with Crippen LogP contribution in [-0.2, 0) is 4.74 Å². The number of carbonyl (C=O) groups excluding carboxylic acids is 1. The molecule has 0 radical (unpaired) electrons. The normalized spacial score (nSPS) is 21.5. The summed E-state index contributed by atoms with van der Waals surface area (Å²) in [6.45, 7) is -1.19. The van der Waals surface area contributed by atoms with Crippen LogP contribution in [0.25, 0.3) is 11.1 Å². The van der Waals surface area contributed by atoms with Crippen molar-refractivity contribution in [3.63, 3.8) is 0 Å². The molecule has 4 rings (SSSR count). The number of nitrogens with zero attached hydrogens (tertiary/aromatic N) is 1. The molecule has 1 N–H and O–H groups in total. The second-order valence-corrected chi connectivity index (χ2v) is 7.30. The average Bonchev–Trinajstić information content (AvgIpc) is 3.26. The minimum Gasteiger partial charge on any atom is -0.448 e. The van der Waals surface area contributed by atoms with Crippen LogP contribution in [0.2, 0.25) is 0 Å². The molecule has 1 saturated heterocycles. The zero-order valence-electron chi connectivity index (χ0n) is 15.0. The molecule has 1 aliphatic carbocycles. The van der Waals surface area contributed by atoms with E-state index < -0.39 is 37.3 Å². The lowest BCUT2D eigenvalue weighted by Gasteiger charge is -2.20. The number of likely N-dealkylation sites (tertiary alicyclic amines) is 1. The summed E-state index contributed by atoms with van der Waals surface area (Å²) in [5.74, 6) is -2.88. The van der Waals surface area contributed by atoms with Gasteiger partial charge in [-0.25, -0.2) is 4.79 Å². The summed E-state index contributed by atoms with van der Waals surface area (Å²) in [6.07, 6.45) is -5.22. The van der Waals surface area contributed by atoms with Gasteiger partial charge in [-0.3, -0.25) is 0 Å². The van der Waals surface area contributed by atoms with Crippen molar-refractivity contribution in [3.8, 4) is 11.1 Å². The number of alkyl halides is 3. The molecule has 0 saturated carbocycles. The molecular formula is C21H20F3NO3. The van der Waals surface area contributed by atoms with Gasteiger partial charge in [0.15, 0.2) is 0 Å². The van der Waals surface area contributed by atoms with E-state index in [-0.39, 0.29) is 19.1 Å². The Hall–Kier alpha value is -2.54. The number of fused-ring (bicyclic) bond motifs is 3. The highest BCUT2D eigenvalue weighted by Gasteiger charge is 2.50. The van der Waals surface area contributed by atoms with Crippen molar-refractivity contribution >= 4 is 6.09 Å². The molecular weight excluding hydrogens is 371 g/mol. The van der Waals surface area contributed by atoms with E-state index in [1.807, 2.05) is 48.5 Å². The van der Waals surface area contributed by atoms with Gasteiger partial charge in [0, 0.05) is 31.5 Å². The number of benzene rings is 2. The maximum absolute atomic E-state index is 13.1. The summed E-state index contributed by atoms with van der Waals surface area (Å²) < 4.78 is 44.7. The maximum atomic E-state index is 13.1. The summed E-state index contributed by atoms with van der Waals surface area (Å²) in [5, 5.41) is 9.24. The minimum absolute atomic E-state index is 0.0594. The van der Waals surface area contributed by atoms with Gasteiger partial charge < -0.3 is 14.7 Å². The molecule has 1 fully saturated rings. The van der Waals surface area contributed by atoms with Gasteiger partial charge in [-0.1, -0.05) is 48.5 Å². The van der Waals surface area contributed by atoms with Gasteiger partial charge in [0.2, 0.25) is 0 Å². The Kier molecular flexibility index (Phi) is 4.79. The van der Waals surface area contributed by atoms with Gasteiger partial charge in [0.25, 0.3) is 0 Å². The number of carbonyl (C=O) groups is 1. The van der Waals surface area contributed by atoms with Crippen LogP contribution in [0.5, 0.6) is 0 Å². The molecule has 4 nitrogen and oxygen atoms in total. The molecule has 148 valence electrons. The molecule has 1 heterocycles. The topological polar surface area (TPSA) is 49.8 Å². The smallest absolute Gasteiger partial charge is 0.409 e. The number of hydrogen-bond acceptors (Lipinski definition) is 3. The van der Waals surface area contributed by atoms with Crippen LogP contribution in [-0.4, -0.2) is 48.6 Å². The Bertz CT molecular complexity index is 838. The van der Waals surface area contributed by atoms with Gasteiger partial charge >= 0.3 is 12.3 Å². The molecule has 28 heavy (non-hydrogen) atoms. The fraction of sp³-hybridized carbons (Fsp3) is 0.381. The molecule has 7 heteroatoms. The monoisotopic (exact) mass is 391 g/mol. The molecule has 2 aromatic carbocycles. The first-order valence-corrected chi connectivity index (χ1v) is 9.17.